The summed E-state index contributed by atoms with van der Waals surface area (Å²) in [5.74, 6) is 0.351. The van der Waals surface area contributed by atoms with E-state index in [-0.39, 0.29) is 17.6 Å². The SMILES string of the molecule is CCCCCCCCCCCCCCCCCCOCC(CS(=O)(=O)CCCCCCCCCC[N+](C)(C)C)OC.CS(=O)(=O)[O-]. The fraction of sp³-hybridized carbons (Fsp3) is 1.00. The van der Waals surface area contributed by atoms with E-state index in [1.165, 1.54) is 135 Å². The maximum absolute atomic E-state index is 12.5. The summed E-state index contributed by atoms with van der Waals surface area (Å²) in [7, 11) is 1.33. The van der Waals surface area contributed by atoms with Gasteiger partial charge in [-0.3, -0.25) is 0 Å². The van der Waals surface area contributed by atoms with Gasteiger partial charge in [0.25, 0.3) is 0 Å². The zero-order chi connectivity index (χ0) is 35.0. The maximum atomic E-state index is 12.5. The third kappa shape index (κ3) is 45.9. The fourth-order valence-electron chi connectivity index (χ4n) is 5.49. The summed E-state index contributed by atoms with van der Waals surface area (Å²) in [6.07, 6.45) is 31.3. The van der Waals surface area contributed by atoms with Crippen molar-refractivity contribution in [3.05, 3.63) is 0 Å². The Kier molecular flexibility index (Phi) is 33.3. The highest BCUT2D eigenvalue weighted by Crippen LogP contribution is 2.14. The fourth-order valence-corrected chi connectivity index (χ4v) is 7.10. The van der Waals surface area contributed by atoms with Crippen molar-refractivity contribution in [3.8, 4) is 0 Å². The largest absolute Gasteiger partial charge is 0.748 e. The molecule has 0 aliphatic carbocycles. The summed E-state index contributed by atoms with van der Waals surface area (Å²) >= 11 is 0. The molecule has 0 aromatic rings. The van der Waals surface area contributed by atoms with Gasteiger partial charge in [-0.1, -0.05) is 135 Å². The molecule has 0 fully saturated rings. The molecule has 280 valence electrons. The normalized spacial score (nSPS) is 13.0. The van der Waals surface area contributed by atoms with Gasteiger partial charge in [0.15, 0.2) is 9.84 Å². The predicted molar refractivity (Wildman–Crippen MR) is 195 cm³/mol. The lowest BCUT2D eigenvalue weighted by atomic mass is 10.0. The average molecular weight is 700 g/mol. The molecule has 0 amide bonds. The Bertz CT molecular complexity index is 835. The summed E-state index contributed by atoms with van der Waals surface area (Å²) in [5, 5.41) is 0. The Balaban J connectivity index is 0. The minimum absolute atomic E-state index is 0.0781. The van der Waals surface area contributed by atoms with E-state index < -0.39 is 20.0 Å². The minimum Gasteiger partial charge on any atom is -0.748 e. The molecule has 8 nitrogen and oxygen atoms in total. The molecule has 10 heteroatoms. The van der Waals surface area contributed by atoms with Crippen LogP contribution in [0.25, 0.3) is 0 Å². The summed E-state index contributed by atoms with van der Waals surface area (Å²) in [6, 6.07) is 0. The van der Waals surface area contributed by atoms with Gasteiger partial charge in [0.1, 0.15) is 0 Å². The number of nitrogens with zero attached hydrogens (tertiary/aromatic N) is 1. The van der Waals surface area contributed by atoms with Gasteiger partial charge >= 0.3 is 0 Å². The van der Waals surface area contributed by atoms with Crippen LogP contribution in [-0.4, -0.2) is 97.7 Å². The van der Waals surface area contributed by atoms with Crippen LogP contribution in [0.5, 0.6) is 0 Å². The number of rotatable bonds is 33. The Labute approximate surface area is 287 Å². The van der Waals surface area contributed by atoms with Crippen LogP contribution in [0.4, 0.5) is 0 Å². The van der Waals surface area contributed by atoms with Gasteiger partial charge in [0, 0.05) is 20.0 Å². The Morgan fingerprint density at radius 3 is 1.30 bits per heavy atom. The summed E-state index contributed by atoms with van der Waals surface area (Å²) in [4.78, 5) is 0. The van der Waals surface area contributed by atoms with Crippen molar-refractivity contribution in [2.45, 2.75) is 167 Å². The third-order valence-corrected chi connectivity index (χ3v) is 10.0. The van der Waals surface area contributed by atoms with Crippen molar-refractivity contribution >= 4 is 20.0 Å². The molecule has 0 N–H and O–H groups in total. The second-order valence-corrected chi connectivity index (χ2v) is 18.0. The highest BCUT2D eigenvalue weighted by atomic mass is 32.2. The molecule has 0 aliphatic heterocycles. The van der Waals surface area contributed by atoms with Crippen LogP contribution in [0.2, 0.25) is 0 Å². The van der Waals surface area contributed by atoms with Crippen LogP contribution in [0.3, 0.4) is 0 Å². The van der Waals surface area contributed by atoms with Gasteiger partial charge < -0.3 is 18.5 Å². The van der Waals surface area contributed by atoms with Crippen LogP contribution in [0.1, 0.15) is 161 Å². The van der Waals surface area contributed by atoms with E-state index >= 15 is 0 Å². The lowest BCUT2D eigenvalue weighted by molar-refractivity contribution is -0.870. The molecule has 0 bridgehead atoms. The van der Waals surface area contributed by atoms with Gasteiger partial charge in [0.2, 0.25) is 0 Å². The average Bonchev–Trinajstić information content (AvgIpc) is 2.95. The monoisotopic (exact) mass is 700 g/mol. The van der Waals surface area contributed by atoms with Gasteiger partial charge in [-0.25, -0.2) is 16.8 Å². The van der Waals surface area contributed by atoms with Gasteiger partial charge in [-0.05, 0) is 25.7 Å². The summed E-state index contributed by atoms with van der Waals surface area (Å²) < 4.78 is 64.6. The number of hydrogen-bond donors (Lipinski definition) is 0. The number of methoxy groups -OCH3 is 1. The van der Waals surface area contributed by atoms with Crippen molar-refractivity contribution < 1.29 is 35.3 Å². The number of sulfone groups is 1. The molecule has 0 rings (SSSR count). The molecule has 0 saturated heterocycles. The van der Waals surface area contributed by atoms with Crippen LogP contribution in [-0.2, 0) is 29.4 Å². The zero-order valence-electron chi connectivity index (χ0n) is 31.2. The van der Waals surface area contributed by atoms with Crippen molar-refractivity contribution in [2.24, 2.45) is 0 Å². The molecule has 0 spiro atoms. The molecule has 0 radical (unpaired) electrons. The molecule has 0 aromatic carbocycles. The molecule has 1 atom stereocenters. The standard InChI is InChI=1S/C35H74NO4S.CH4O3S/c1-6-7-8-9-10-11-12-13-14-15-16-17-19-22-25-28-31-40-33-35(39-5)34-41(37,38)32-29-26-23-20-18-21-24-27-30-36(2,3)4;1-5(2,3)4/h35H,6-34H2,1-5H3;1H3,(H,2,3,4)/q+1;/p-1. The topological polar surface area (TPSA) is 110 Å². The van der Waals surface area contributed by atoms with E-state index in [1.807, 2.05) is 0 Å². The number of ether oxygens (including phenoxy) is 2. The first-order valence-corrected chi connectivity index (χ1v) is 22.4. The highest BCUT2D eigenvalue weighted by Gasteiger charge is 2.19. The van der Waals surface area contributed by atoms with Gasteiger partial charge in [-0.2, -0.15) is 0 Å². The minimum atomic E-state index is -3.92. The highest BCUT2D eigenvalue weighted by molar-refractivity contribution is 7.91. The van der Waals surface area contributed by atoms with E-state index in [1.54, 1.807) is 7.11 Å². The molecule has 46 heavy (non-hydrogen) atoms. The van der Waals surface area contributed by atoms with Crippen LogP contribution < -0.4 is 0 Å². The first-order chi connectivity index (χ1) is 21.7. The molecule has 1 unspecified atom stereocenters. The van der Waals surface area contributed by atoms with Crippen molar-refractivity contribution in [1.29, 1.82) is 0 Å². The second kappa shape index (κ2) is 32.0. The van der Waals surface area contributed by atoms with Crippen LogP contribution in [0, 0.1) is 0 Å². The lowest BCUT2D eigenvalue weighted by Crippen LogP contribution is -2.35. The Morgan fingerprint density at radius 2 is 0.935 bits per heavy atom. The van der Waals surface area contributed by atoms with Gasteiger partial charge in [-0.15, -0.1) is 0 Å². The predicted octanol–water partition coefficient (Wildman–Crippen LogP) is 8.68. The van der Waals surface area contributed by atoms with Crippen molar-refractivity contribution in [3.63, 3.8) is 0 Å². The number of hydrogen-bond acceptors (Lipinski definition) is 7. The quantitative estimate of drug-likeness (QED) is 0.0383. The lowest BCUT2D eigenvalue weighted by Gasteiger charge is -2.23. The summed E-state index contributed by atoms with van der Waals surface area (Å²) in [6.45, 7) is 4.60. The number of quaternary nitrogens is 1. The summed E-state index contributed by atoms with van der Waals surface area (Å²) in [5.41, 5.74) is 0. The Morgan fingerprint density at radius 1 is 0.587 bits per heavy atom. The van der Waals surface area contributed by atoms with E-state index in [4.69, 9.17) is 22.4 Å². The van der Waals surface area contributed by atoms with E-state index in [0.717, 1.165) is 30.2 Å². The van der Waals surface area contributed by atoms with Crippen molar-refractivity contribution in [1.82, 2.24) is 0 Å². The van der Waals surface area contributed by atoms with Gasteiger partial charge in [0.05, 0.1) is 62.0 Å². The zero-order valence-corrected chi connectivity index (χ0v) is 32.8. The smallest absolute Gasteiger partial charge is 0.152 e. The van der Waals surface area contributed by atoms with E-state index in [2.05, 4.69) is 28.1 Å². The molecule has 0 aliphatic rings. The first-order valence-electron chi connectivity index (χ1n) is 18.7. The van der Waals surface area contributed by atoms with E-state index in [0.29, 0.717) is 19.5 Å². The number of unbranched alkanes of at least 4 members (excludes halogenated alkanes) is 22. The maximum Gasteiger partial charge on any atom is 0.152 e. The molecule has 0 heterocycles. The third-order valence-electron chi connectivity index (χ3n) is 8.25. The van der Waals surface area contributed by atoms with Crippen LogP contribution in [0.15, 0.2) is 0 Å². The molecular formula is C36H77NO7S2. The molecule has 0 saturated carbocycles. The molecule has 0 aromatic heterocycles. The van der Waals surface area contributed by atoms with Crippen molar-refractivity contribution in [2.75, 3.05) is 65.8 Å². The molecular weight excluding hydrogens is 623 g/mol. The van der Waals surface area contributed by atoms with Crippen LogP contribution >= 0.6 is 0 Å². The first kappa shape index (κ1) is 47.9. The Hall–Kier alpha value is -0.260. The second-order valence-electron chi connectivity index (χ2n) is 14.4. The van der Waals surface area contributed by atoms with E-state index in [9.17, 15) is 8.42 Å².